The van der Waals surface area contributed by atoms with Crippen molar-refractivity contribution >= 4 is 46.8 Å². The Labute approximate surface area is 269 Å². The van der Waals surface area contributed by atoms with Crippen LogP contribution in [0, 0.1) is 0 Å². The molecule has 1 heterocycles. The van der Waals surface area contributed by atoms with Crippen LogP contribution in [-0.4, -0.2) is 84.2 Å². The number of carbonyl (C=O) groups excluding carboxylic acids is 6. The molecule has 1 aliphatic heterocycles. The fraction of sp³-hybridized carbons (Fsp3) is 0.438. The molecule has 1 fully saturated rings. The molecule has 4 rings (SSSR count). The maximum absolute atomic E-state index is 13.3. The Morgan fingerprint density at radius 3 is 1.78 bits per heavy atom. The molecule has 1 saturated heterocycles. The highest BCUT2D eigenvalue weighted by Crippen LogP contribution is 2.44. The zero-order valence-electron chi connectivity index (χ0n) is 25.9. The van der Waals surface area contributed by atoms with E-state index in [1.807, 2.05) is 48.5 Å². The molecule has 1 amide bonds. The van der Waals surface area contributed by atoms with E-state index in [1.165, 1.54) is 6.92 Å². The number of benzene rings is 2. The number of fused-ring (bicyclic) bond motifs is 3. The van der Waals surface area contributed by atoms with Gasteiger partial charge < -0.3 is 33.7 Å². The Balaban J connectivity index is 1.46. The number of ether oxygens (including phenoxy) is 6. The van der Waals surface area contributed by atoms with Gasteiger partial charge in [0.25, 0.3) is 0 Å². The third kappa shape index (κ3) is 8.43. The molecule has 0 aromatic heterocycles. The van der Waals surface area contributed by atoms with Gasteiger partial charge in [0, 0.05) is 33.6 Å². The van der Waals surface area contributed by atoms with E-state index in [0.717, 1.165) is 49.9 Å². The molecule has 14 heteroatoms. The van der Waals surface area contributed by atoms with E-state index in [1.54, 1.807) is 0 Å². The van der Waals surface area contributed by atoms with Crippen LogP contribution in [-0.2, 0) is 52.4 Å². The number of rotatable bonds is 10. The van der Waals surface area contributed by atoms with Crippen molar-refractivity contribution in [1.29, 1.82) is 0 Å². The summed E-state index contributed by atoms with van der Waals surface area (Å²) in [4.78, 5) is 73.7. The predicted molar refractivity (Wildman–Crippen MR) is 162 cm³/mol. The molecule has 13 nitrogen and oxygen atoms in total. The lowest BCUT2D eigenvalue weighted by molar-refractivity contribution is -0.237. The molecule has 0 radical (unpaired) electrons. The van der Waals surface area contributed by atoms with Gasteiger partial charge in [0.05, 0.1) is 6.04 Å². The Kier molecular flexibility index (Phi) is 11.4. The topological polar surface area (TPSA) is 170 Å². The lowest BCUT2D eigenvalue weighted by Gasteiger charge is -2.44. The number of esters is 4. The first-order valence-electron chi connectivity index (χ1n) is 14.5. The lowest BCUT2D eigenvalue weighted by Crippen LogP contribution is -2.62. The SMILES string of the molecule is CC(=O)OC[C@H]1O[C@H](SC(=O)[C@@H](C)NC(=O)OCC2c3ccccc3-c3ccccc32)[C@@H](OC(C)=O)[C@@H](OC(C)=O)[C@@H]1OC(C)=O. The molecule has 2 aliphatic rings. The standard InChI is InChI=1S/C32H35NO12S/c1-16(33-32(39)41-14-25-23-12-8-6-10-21(23)22-11-7-9-13-24(22)25)30(38)46-31-29(44-20(5)37)28(43-19(4)36)27(42-18(3)35)26(45-31)15-40-17(2)34/h6-13,16,25-29,31H,14-15H2,1-5H3,(H,33,39)/t16-,26-,27-,28+,29+,31-/m1/s1. The fourth-order valence-corrected chi connectivity index (χ4v) is 6.41. The van der Waals surface area contributed by atoms with Crippen LogP contribution in [0.5, 0.6) is 0 Å². The normalized spacial score (nSPS) is 22.3. The first-order chi connectivity index (χ1) is 21.8. The minimum absolute atomic E-state index is 0.0353. The van der Waals surface area contributed by atoms with Gasteiger partial charge in [-0.15, -0.1) is 0 Å². The predicted octanol–water partition coefficient (Wildman–Crippen LogP) is 3.26. The second-order valence-corrected chi connectivity index (χ2v) is 11.8. The van der Waals surface area contributed by atoms with Crippen LogP contribution in [0.15, 0.2) is 48.5 Å². The van der Waals surface area contributed by atoms with Crippen molar-refractivity contribution in [2.45, 2.75) is 76.4 Å². The van der Waals surface area contributed by atoms with E-state index in [2.05, 4.69) is 5.32 Å². The van der Waals surface area contributed by atoms with Gasteiger partial charge >= 0.3 is 30.0 Å². The van der Waals surface area contributed by atoms with Crippen LogP contribution in [0.3, 0.4) is 0 Å². The van der Waals surface area contributed by atoms with Gasteiger partial charge in [-0.25, -0.2) is 4.79 Å². The smallest absolute Gasteiger partial charge is 0.407 e. The zero-order valence-corrected chi connectivity index (χ0v) is 26.7. The van der Waals surface area contributed by atoms with Crippen molar-refractivity contribution in [2.24, 2.45) is 0 Å². The molecule has 2 aromatic rings. The van der Waals surface area contributed by atoms with Crippen LogP contribution >= 0.6 is 11.8 Å². The summed E-state index contributed by atoms with van der Waals surface area (Å²) in [6.45, 7) is 5.49. The Bertz CT molecular complexity index is 1450. The molecule has 1 aliphatic carbocycles. The third-order valence-electron chi connectivity index (χ3n) is 7.21. The molecule has 0 unspecified atom stereocenters. The van der Waals surface area contributed by atoms with Gasteiger partial charge in [0.15, 0.2) is 23.7 Å². The van der Waals surface area contributed by atoms with E-state index in [-0.39, 0.29) is 12.5 Å². The largest absolute Gasteiger partial charge is 0.463 e. The van der Waals surface area contributed by atoms with Crippen LogP contribution in [0.4, 0.5) is 4.79 Å². The van der Waals surface area contributed by atoms with Crippen LogP contribution in [0.25, 0.3) is 11.1 Å². The van der Waals surface area contributed by atoms with Gasteiger partial charge in [0.2, 0.25) is 5.12 Å². The number of alkyl carbamates (subject to hydrolysis) is 1. The van der Waals surface area contributed by atoms with Gasteiger partial charge in [-0.05, 0) is 29.2 Å². The monoisotopic (exact) mass is 657 g/mol. The molecule has 0 spiro atoms. The molecule has 246 valence electrons. The van der Waals surface area contributed by atoms with E-state index in [4.69, 9.17) is 28.4 Å². The maximum Gasteiger partial charge on any atom is 0.407 e. The third-order valence-corrected chi connectivity index (χ3v) is 8.41. The summed E-state index contributed by atoms with van der Waals surface area (Å²) >= 11 is 0.554. The second-order valence-electron chi connectivity index (χ2n) is 10.7. The van der Waals surface area contributed by atoms with Crippen molar-refractivity contribution in [3.05, 3.63) is 59.7 Å². The van der Waals surface area contributed by atoms with Crippen molar-refractivity contribution in [3.8, 4) is 11.1 Å². The quantitative estimate of drug-likeness (QED) is 0.292. The van der Waals surface area contributed by atoms with Crippen molar-refractivity contribution in [3.63, 3.8) is 0 Å². The van der Waals surface area contributed by atoms with Crippen molar-refractivity contribution in [1.82, 2.24) is 5.32 Å². The zero-order chi connectivity index (χ0) is 33.5. The highest BCUT2D eigenvalue weighted by Gasteiger charge is 2.53. The Hall–Kier alpha value is -4.43. The first-order valence-corrected chi connectivity index (χ1v) is 15.4. The van der Waals surface area contributed by atoms with Gasteiger partial charge in [-0.3, -0.25) is 24.0 Å². The average molecular weight is 658 g/mol. The van der Waals surface area contributed by atoms with Crippen LogP contribution in [0.2, 0.25) is 0 Å². The number of thioether (sulfide) groups is 1. The summed E-state index contributed by atoms with van der Waals surface area (Å²) in [6.07, 6.45) is -6.23. The van der Waals surface area contributed by atoms with Gasteiger partial charge in [-0.1, -0.05) is 60.3 Å². The number of nitrogens with one attached hydrogen (secondary N) is 1. The fourth-order valence-electron chi connectivity index (χ4n) is 5.38. The minimum atomic E-state index is -1.42. The summed E-state index contributed by atoms with van der Waals surface area (Å²) in [5.41, 5.74) is 2.87. The number of carbonyl (C=O) groups is 6. The Morgan fingerprint density at radius 2 is 1.24 bits per heavy atom. The minimum Gasteiger partial charge on any atom is -0.463 e. The highest BCUT2D eigenvalue weighted by molar-refractivity contribution is 8.14. The summed E-state index contributed by atoms with van der Waals surface area (Å²) in [7, 11) is 0. The van der Waals surface area contributed by atoms with E-state index in [9.17, 15) is 28.8 Å². The molecule has 6 atom stereocenters. The number of amides is 1. The molecular weight excluding hydrogens is 622 g/mol. The average Bonchev–Trinajstić information content (AvgIpc) is 3.31. The van der Waals surface area contributed by atoms with Gasteiger partial charge in [-0.2, -0.15) is 0 Å². The molecular formula is C32H35NO12S. The second kappa shape index (κ2) is 15.2. The number of hydrogen-bond acceptors (Lipinski definition) is 13. The maximum atomic E-state index is 13.3. The van der Waals surface area contributed by atoms with Gasteiger partial charge in [0.1, 0.15) is 19.3 Å². The molecule has 0 saturated carbocycles. The van der Waals surface area contributed by atoms with Crippen LogP contribution in [0.1, 0.15) is 51.7 Å². The highest BCUT2D eigenvalue weighted by atomic mass is 32.2. The summed E-state index contributed by atoms with van der Waals surface area (Å²) in [6, 6.07) is 14.6. The van der Waals surface area contributed by atoms with Crippen molar-refractivity contribution in [2.75, 3.05) is 13.2 Å². The molecule has 1 N–H and O–H groups in total. The van der Waals surface area contributed by atoms with E-state index < -0.39 is 77.6 Å². The molecule has 2 aromatic carbocycles. The summed E-state index contributed by atoms with van der Waals surface area (Å²) < 4.78 is 32.7. The van der Waals surface area contributed by atoms with E-state index in [0.29, 0.717) is 11.8 Å². The lowest BCUT2D eigenvalue weighted by atomic mass is 9.98. The molecule has 0 bridgehead atoms. The number of hydrogen-bond donors (Lipinski definition) is 1. The Morgan fingerprint density at radius 1 is 0.717 bits per heavy atom. The molecule has 46 heavy (non-hydrogen) atoms. The van der Waals surface area contributed by atoms with E-state index >= 15 is 0 Å². The van der Waals surface area contributed by atoms with Crippen LogP contribution < -0.4 is 5.32 Å². The van der Waals surface area contributed by atoms with Crippen molar-refractivity contribution < 1.29 is 57.2 Å². The summed E-state index contributed by atoms with van der Waals surface area (Å²) in [5, 5.41) is 1.89. The first kappa shape index (κ1) is 34.4. The summed E-state index contributed by atoms with van der Waals surface area (Å²) in [5.74, 6) is -3.22.